The first-order valence-corrected chi connectivity index (χ1v) is 10.9. The maximum absolute atomic E-state index is 10.4. The normalized spacial score (nSPS) is 30.2. The fraction of sp³-hybridized carbons (Fsp3) is 0.500. The van der Waals surface area contributed by atoms with Gasteiger partial charge in [0.05, 0.1) is 31.7 Å². The van der Waals surface area contributed by atoms with Gasteiger partial charge in [0.25, 0.3) is 0 Å². The molecule has 2 aliphatic rings. The number of nitrogens with zero attached hydrogens (tertiary/aromatic N) is 4. The lowest BCUT2D eigenvalue weighted by Crippen LogP contribution is -2.33. The molecule has 6 atom stereocenters. The van der Waals surface area contributed by atoms with E-state index >= 15 is 0 Å². The first-order valence-electron chi connectivity index (χ1n) is 10.9. The van der Waals surface area contributed by atoms with Crippen LogP contribution in [0.4, 0.5) is 5.82 Å². The van der Waals surface area contributed by atoms with Crippen LogP contribution in [0.25, 0.3) is 11.2 Å². The molecule has 10 heteroatoms. The quantitative estimate of drug-likeness (QED) is 0.423. The zero-order valence-corrected chi connectivity index (χ0v) is 17.5. The van der Waals surface area contributed by atoms with Gasteiger partial charge >= 0.3 is 0 Å². The molecule has 4 N–H and O–H groups in total. The van der Waals surface area contributed by atoms with Crippen LogP contribution in [-0.2, 0) is 16.1 Å². The summed E-state index contributed by atoms with van der Waals surface area (Å²) in [5.41, 5.74) is 2.15. The summed E-state index contributed by atoms with van der Waals surface area (Å²) in [5, 5.41) is 33.3. The number of hydrogen-bond acceptors (Lipinski definition) is 9. The van der Waals surface area contributed by atoms with Gasteiger partial charge in [0.1, 0.15) is 24.6 Å². The number of aromatic nitrogens is 4. The van der Waals surface area contributed by atoms with E-state index in [0.29, 0.717) is 23.6 Å². The van der Waals surface area contributed by atoms with E-state index < -0.39 is 31.1 Å². The van der Waals surface area contributed by atoms with E-state index in [2.05, 4.69) is 32.4 Å². The second kappa shape index (κ2) is 9.08. The van der Waals surface area contributed by atoms with Gasteiger partial charge in [-0.15, -0.1) is 0 Å². The number of imidazole rings is 1. The van der Waals surface area contributed by atoms with E-state index in [0.717, 1.165) is 24.8 Å². The zero-order chi connectivity index (χ0) is 22.1. The third kappa shape index (κ3) is 3.96. The van der Waals surface area contributed by atoms with E-state index in [1.807, 2.05) is 18.2 Å². The summed E-state index contributed by atoms with van der Waals surface area (Å²) in [4.78, 5) is 13.1. The highest BCUT2D eigenvalue weighted by Gasteiger charge is 2.44. The van der Waals surface area contributed by atoms with Crippen molar-refractivity contribution in [2.45, 2.75) is 62.6 Å². The molecule has 0 spiro atoms. The van der Waals surface area contributed by atoms with Gasteiger partial charge in [0, 0.05) is 0 Å². The molecule has 1 aliphatic heterocycles. The molecule has 2 fully saturated rings. The maximum Gasteiger partial charge on any atom is 0.167 e. The van der Waals surface area contributed by atoms with Crippen molar-refractivity contribution < 1.29 is 24.8 Å². The smallest absolute Gasteiger partial charge is 0.167 e. The molecule has 1 aliphatic carbocycles. The van der Waals surface area contributed by atoms with Crippen molar-refractivity contribution in [1.82, 2.24) is 19.5 Å². The minimum Gasteiger partial charge on any atom is -0.394 e. The monoisotopic (exact) mass is 441 g/mol. The first kappa shape index (κ1) is 21.2. The predicted molar refractivity (Wildman–Crippen MR) is 115 cm³/mol. The van der Waals surface area contributed by atoms with Gasteiger partial charge in [-0.2, -0.15) is 0 Å². The second-order valence-corrected chi connectivity index (χ2v) is 8.29. The van der Waals surface area contributed by atoms with Crippen molar-refractivity contribution >= 4 is 17.0 Å². The lowest BCUT2D eigenvalue weighted by Gasteiger charge is -2.22. The number of aliphatic hydroxyl groups is 3. The summed E-state index contributed by atoms with van der Waals surface area (Å²) < 4.78 is 13.4. The standard InChI is InChI=1S/C22H27N5O5/c28-9-16-18(29)19(30)22(32-16)27-12-25-17-20(23-11-24-21(17)27)26-14-7-4-8-15(14)31-10-13-5-2-1-3-6-13/h1-3,5-6,11-12,14-16,18-19,22,28-30H,4,7-10H2,(H,23,24,26)/t14-,15+,16+,18+,19+,22?/m0/s1. The number of ether oxygens (including phenoxy) is 2. The highest BCUT2D eigenvalue weighted by Crippen LogP contribution is 2.33. The Morgan fingerprint density at radius 1 is 1.09 bits per heavy atom. The summed E-state index contributed by atoms with van der Waals surface area (Å²) in [6, 6.07) is 10.2. The summed E-state index contributed by atoms with van der Waals surface area (Å²) in [5.74, 6) is 0.584. The number of nitrogens with one attached hydrogen (secondary N) is 1. The molecule has 3 heterocycles. The summed E-state index contributed by atoms with van der Waals surface area (Å²) in [7, 11) is 0. The Labute approximate surface area is 184 Å². The van der Waals surface area contributed by atoms with E-state index in [4.69, 9.17) is 9.47 Å². The van der Waals surface area contributed by atoms with Gasteiger partial charge in [0.15, 0.2) is 23.2 Å². The Balaban J connectivity index is 1.33. The van der Waals surface area contributed by atoms with Gasteiger partial charge in [-0.25, -0.2) is 15.0 Å². The molecule has 32 heavy (non-hydrogen) atoms. The summed E-state index contributed by atoms with van der Waals surface area (Å²) >= 11 is 0. The molecule has 0 radical (unpaired) electrons. The van der Waals surface area contributed by atoms with Crippen LogP contribution >= 0.6 is 0 Å². The Morgan fingerprint density at radius 2 is 1.94 bits per heavy atom. The number of rotatable bonds is 7. The number of hydrogen-bond donors (Lipinski definition) is 4. The van der Waals surface area contributed by atoms with E-state index in [-0.39, 0.29) is 12.1 Å². The van der Waals surface area contributed by atoms with E-state index in [9.17, 15) is 15.3 Å². The van der Waals surface area contributed by atoms with Crippen LogP contribution in [-0.4, -0.2) is 71.9 Å². The van der Waals surface area contributed by atoms with Gasteiger partial charge in [-0.1, -0.05) is 30.3 Å². The van der Waals surface area contributed by atoms with E-state index in [1.54, 1.807) is 4.57 Å². The van der Waals surface area contributed by atoms with Crippen LogP contribution in [0.15, 0.2) is 43.0 Å². The van der Waals surface area contributed by atoms with Gasteiger partial charge < -0.3 is 30.1 Å². The third-order valence-corrected chi connectivity index (χ3v) is 6.23. The highest BCUT2D eigenvalue weighted by molar-refractivity contribution is 5.82. The lowest BCUT2D eigenvalue weighted by atomic mass is 10.1. The molecular formula is C22H27N5O5. The number of anilines is 1. The topological polar surface area (TPSA) is 135 Å². The molecule has 2 aromatic heterocycles. The molecule has 10 nitrogen and oxygen atoms in total. The Morgan fingerprint density at radius 3 is 2.72 bits per heavy atom. The lowest BCUT2D eigenvalue weighted by molar-refractivity contribution is -0.0511. The minimum absolute atomic E-state index is 0.0581. The molecule has 3 aromatic rings. The zero-order valence-electron chi connectivity index (χ0n) is 17.5. The molecular weight excluding hydrogens is 414 g/mol. The molecule has 0 bridgehead atoms. The van der Waals surface area contributed by atoms with Crippen LogP contribution in [0.1, 0.15) is 31.1 Å². The molecule has 1 aromatic carbocycles. The SMILES string of the molecule is OC[C@H]1OC(n2cnc3c(N[C@H]4CCC[C@H]4OCc4ccccc4)ncnc32)[C@H](O)[C@@H]1O. The summed E-state index contributed by atoms with van der Waals surface area (Å²) in [6.45, 7) is 0.165. The van der Waals surface area contributed by atoms with Gasteiger partial charge in [0.2, 0.25) is 0 Å². The van der Waals surface area contributed by atoms with Crippen LogP contribution in [0, 0.1) is 0 Å². The van der Waals surface area contributed by atoms with Crippen LogP contribution in [0.5, 0.6) is 0 Å². The fourth-order valence-electron chi connectivity index (χ4n) is 4.50. The van der Waals surface area contributed by atoms with Crippen molar-refractivity contribution in [3.63, 3.8) is 0 Å². The Kier molecular flexibility index (Phi) is 6.03. The Bertz CT molecular complexity index is 1050. The predicted octanol–water partition coefficient (Wildman–Crippen LogP) is 0.988. The molecule has 5 rings (SSSR count). The average molecular weight is 441 g/mol. The largest absolute Gasteiger partial charge is 0.394 e. The third-order valence-electron chi connectivity index (χ3n) is 6.23. The van der Waals surface area contributed by atoms with Crippen LogP contribution in [0.3, 0.4) is 0 Å². The van der Waals surface area contributed by atoms with Crippen molar-refractivity contribution in [1.29, 1.82) is 0 Å². The highest BCUT2D eigenvalue weighted by atomic mass is 16.6. The number of fused-ring (bicyclic) bond motifs is 1. The average Bonchev–Trinajstić information content (AvgIpc) is 3.52. The number of benzene rings is 1. The van der Waals surface area contributed by atoms with Crippen molar-refractivity contribution in [3.05, 3.63) is 48.5 Å². The van der Waals surface area contributed by atoms with Crippen molar-refractivity contribution in [2.24, 2.45) is 0 Å². The number of aliphatic hydroxyl groups excluding tert-OH is 3. The van der Waals surface area contributed by atoms with Gasteiger partial charge in [-0.3, -0.25) is 4.57 Å². The Hall–Kier alpha value is -2.63. The fourth-order valence-corrected chi connectivity index (χ4v) is 4.50. The van der Waals surface area contributed by atoms with Crippen molar-refractivity contribution in [2.75, 3.05) is 11.9 Å². The maximum atomic E-state index is 10.4. The molecule has 170 valence electrons. The molecule has 1 saturated carbocycles. The molecule has 1 saturated heterocycles. The molecule has 0 amide bonds. The van der Waals surface area contributed by atoms with E-state index in [1.165, 1.54) is 12.7 Å². The van der Waals surface area contributed by atoms with Gasteiger partial charge in [-0.05, 0) is 24.8 Å². The minimum atomic E-state index is -1.21. The summed E-state index contributed by atoms with van der Waals surface area (Å²) in [6.07, 6.45) is 1.81. The second-order valence-electron chi connectivity index (χ2n) is 8.29. The van der Waals surface area contributed by atoms with Crippen molar-refractivity contribution in [3.8, 4) is 0 Å². The molecule has 1 unspecified atom stereocenters. The van der Waals surface area contributed by atoms with Crippen LogP contribution < -0.4 is 5.32 Å². The first-order chi connectivity index (χ1) is 15.7. The van der Waals surface area contributed by atoms with Crippen LogP contribution in [0.2, 0.25) is 0 Å².